The average molecular weight is 392 g/mol. The summed E-state index contributed by atoms with van der Waals surface area (Å²) in [4.78, 5) is 0. The van der Waals surface area contributed by atoms with Crippen molar-refractivity contribution >= 4 is 53.0 Å². The molecule has 0 amide bonds. The second-order valence-electron chi connectivity index (χ2n) is 5.45. The third-order valence-electron chi connectivity index (χ3n) is 3.48. The van der Waals surface area contributed by atoms with Crippen LogP contribution in [0.2, 0.25) is 10.0 Å². The number of benzene rings is 3. The Labute approximate surface area is 156 Å². The number of hydrogen-bond donors (Lipinski definition) is 3. The molecule has 4 nitrogen and oxygen atoms in total. The van der Waals surface area contributed by atoms with Crippen LogP contribution >= 0.6 is 30.6 Å². The van der Waals surface area contributed by atoms with Gasteiger partial charge in [-0.2, -0.15) is 0 Å². The van der Waals surface area contributed by atoms with Crippen molar-refractivity contribution in [3.8, 4) is 0 Å². The van der Waals surface area contributed by atoms with Crippen molar-refractivity contribution in [3.63, 3.8) is 0 Å². The van der Waals surface area contributed by atoms with Crippen LogP contribution in [0.15, 0.2) is 72.8 Å². The Morgan fingerprint density at radius 1 is 0.760 bits per heavy atom. The number of nitrogens with one attached hydrogen (secondary N) is 2. The molecule has 3 rings (SSSR count). The van der Waals surface area contributed by atoms with Crippen LogP contribution in [-0.4, -0.2) is 0 Å². The molecular weight excluding hydrogens is 376 g/mol. The van der Waals surface area contributed by atoms with Gasteiger partial charge in [-0.3, -0.25) is 4.57 Å². The molecule has 0 aromatic heterocycles. The van der Waals surface area contributed by atoms with E-state index in [0.29, 0.717) is 32.4 Å². The molecule has 0 saturated carbocycles. The molecule has 0 spiro atoms. The highest BCUT2D eigenvalue weighted by Crippen LogP contribution is 2.45. The van der Waals surface area contributed by atoms with Crippen LogP contribution in [0, 0.1) is 0 Å². The number of hydrogen-bond acceptors (Lipinski definition) is 2. The molecular formula is C18H16Cl2N3OP. The van der Waals surface area contributed by atoms with E-state index in [9.17, 15) is 4.57 Å². The first kappa shape index (κ1) is 17.7. The minimum atomic E-state index is -3.25. The van der Waals surface area contributed by atoms with Crippen LogP contribution in [0.1, 0.15) is 0 Å². The highest BCUT2D eigenvalue weighted by Gasteiger charge is 2.25. The maximum Gasteiger partial charge on any atom is 0.287 e. The van der Waals surface area contributed by atoms with E-state index in [-0.39, 0.29) is 0 Å². The quantitative estimate of drug-likeness (QED) is 0.390. The van der Waals surface area contributed by atoms with Crippen molar-refractivity contribution in [2.75, 3.05) is 15.9 Å². The summed E-state index contributed by atoms with van der Waals surface area (Å²) in [5, 5.41) is 7.84. The zero-order chi connectivity index (χ0) is 17.9. The van der Waals surface area contributed by atoms with Crippen molar-refractivity contribution in [3.05, 3.63) is 82.8 Å². The second-order valence-corrected chi connectivity index (χ2v) is 8.50. The Balaban J connectivity index is 2.01. The van der Waals surface area contributed by atoms with Crippen LogP contribution < -0.4 is 21.2 Å². The van der Waals surface area contributed by atoms with Gasteiger partial charge in [0.25, 0.3) is 7.44 Å². The van der Waals surface area contributed by atoms with Gasteiger partial charge in [0, 0.05) is 27.1 Å². The molecule has 0 fully saturated rings. The molecule has 3 aromatic carbocycles. The smallest absolute Gasteiger partial charge is 0.287 e. The summed E-state index contributed by atoms with van der Waals surface area (Å²) in [6.07, 6.45) is 0. The molecule has 0 bridgehead atoms. The summed E-state index contributed by atoms with van der Waals surface area (Å²) < 4.78 is 13.7. The van der Waals surface area contributed by atoms with Gasteiger partial charge in [-0.05, 0) is 60.7 Å². The first-order chi connectivity index (χ1) is 11.9. The van der Waals surface area contributed by atoms with Gasteiger partial charge >= 0.3 is 0 Å². The van der Waals surface area contributed by atoms with Crippen molar-refractivity contribution in [2.45, 2.75) is 0 Å². The second kappa shape index (κ2) is 7.40. The van der Waals surface area contributed by atoms with E-state index in [1.807, 2.05) is 0 Å². The molecule has 0 radical (unpaired) electrons. The maximum atomic E-state index is 13.7. The number of nitrogen functional groups attached to an aromatic ring is 1. The third-order valence-corrected chi connectivity index (χ3v) is 6.12. The van der Waals surface area contributed by atoms with Gasteiger partial charge in [0.15, 0.2) is 0 Å². The summed E-state index contributed by atoms with van der Waals surface area (Å²) in [5.41, 5.74) is 7.63. The van der Waals surface area contributed by atoms with Crippen LogP contribution in [0.25, 0.3) is 0 Å². The average Bonchev–Trinajstić information content (AvgIpc) is 2.55. The highest BCUT2D eigenvalue weighted by atomic mass is 35.5. The van der Waals surface area contributed by atoms with Gasteiger partial charge < -0.3 is 15.9 Å². The molecule has 7 heteroatoms. The van der Waals surface area contributed by atoms with Crippen LogP contribution in [0.3, 0.4) is 0 Å². The molecule has 0 aliphatic heterocycles. The maximum absolute atomic E-state index is 13.7. The fourth-order valence-electron chi connectivity index (χ4n) is 2.32. The monoisotopic (exact) mass is 391 g/mol. The molecule has 0 heterocycles. The van der Waals surface area contributed by atoms with E-state index in [1.54, 1.807) is 72.8 Å². The Kier molecular flexibility index (Phi) is 5.24. The summed E-state index contributed by atoms with van der Waals surface area (Å²) in [7, 11) is -3.25. The number of nitrogens with two attached hydrogens (primary N) is 1. The SMILES string of the molecule is Nc1ccc(P(=O)(Nc2cccc(Cl)c2)Nc2cccc(Cl)c2)cc1. The standard InChI is InChI=1S/C18H16Cl2N3OP/c19-13-3-1-5-16(11-13)22-25(24,18-9-7-15(21)8-10-18)23-17-6-2-4-14(20)12-17/h1-12H,21H2,(H2,22,23,24). The zero-order valence-electron chi connectivity index (χ0n) is 13.1. The lowest BCUT2D eigenvalue weighted by atomic mass is 10.3. The van der Waals surface area contributed by atoms with Crippen LogP contribution in [0.5, 0.6) is 0 Å². The minimum Gasteiger partial charge on any atom is -0.399 e. The van der Waals surface area contributed by atoms with Gasteiger partial charge in [-0.25, -0.2) is 0 Å². The first-order valence-electron chi connectivity index (χ1n) is 7.48. The van der Waals surface area contributed by atoms with E-state index in [2.05, 4.69) is 10.2 Å². The van der Waals surface area contributed by atoms with Gasteiger partial charge in [0.2, 0.25) is 0 Å². The van der Waals surface area contributed by atoms with E-state index in [1.165, 1.54) is 0 Å². The lowest BCUT2D eigenvalue weighted by Gasteiger charge is -2.23. The normalized spacial score (nSPS) is 11.1. The molecule has 0 aliphatic rings. The summed E-state index contributed by atoms with van der Waals surface area (Å²) in [6.45, 7) is 0. The predicted octanol–water partition coefficient (Wildman–Crippen LogP) is 5.62. The molecule has 4 N–H and O–H groups in total. The fourth-order valence-corrected chi connectivity index (χ4v) is 4.59. The Morgan fingerprint density at radius 2 is 1.24 bits per heavy atom. The molecule has 0 atom stereocenters. The summed E-state index contributed by atoms with van der Waals surface area (Å²) in [6, 6.07) is 21.0. The van der Waals surface area contributed by atoms with Gasteiger partial charge in [-0.15, -0.1) is 0 Å². The zero-order valence-corrected chi connectivity index (χ0v) is 15.5. The van der Waals surface area contributed by atoms with Gasteiger partial charge in [0.1, 0.15) is 0 Å². The van der Waals surface area contributed by atoms with Crippen LogP contribution in [-0.2, 0) is 4.57 Å². The van der Waals surface area contributed by atoms with Crippen molar-refractivity contribution < 1.29 is 4.57 Å². The van der Waals surface area contributed by atoms with E-state index in [4.69, 9.17) is 28.9 Å². The Bertz CT molecular complexity index is 880. The third kappa shape index (κ3) is 4.49. The minimum absolute atomic E-state index is 0.552. The lowest BCUT2D eigenvalue weighted by Crippen LogP contribution is -2.18. The van der Waals surface area contributed by atoms with Gasteiger partial charge in [-0.1, -0.05) is 35.3 Å². The van der Waals surface area contributed by atoms with E-state index < -0.39 is 7.44 Å². The Morgan fingerprint density at radius 3 is 1.68 bits per heavy atom. The van der Waals surface area contributed by atoms with E-state index in [0.717, 1.165) is 0 Å². The molecule has 25 heavy (non-hydrogen) atoms. The largest absolute Gasteiger partial charge is 0.399 e. The van der Waals surface area contributed by atoms with Crippen LogP contribution in [0.4, 0.5) is 17.1 Å². The molecule has 0 aliphatic carbocycles. The topological polar surface area (TPSA) is 67.2 Å². The van der Waals surface area contributed by atoms with Gasteiger partial charge in [0.05, 0.1) is 5.30 Å². The molecule has 128 valence electrons. The number of halogens is 2. The first-order valence-corrected chi connectivity index (χ1v) is 9.95. The summed E-state index contributed by atoms with van der Waals surface area (Å²) >= 11 is 12.1. The molecule has 0 unspecified atom stereocenters. The van der Waals surface area contributed by atoms with Crippen molar-refractivity contribution in [2.24, 2.45) is 0 Å². The Hall–Kier alpha value is -2.13. The lowest BCUT2D eigenvalue weighted by molar-refractivity contribution is 0.587. The molecule has 0 saturated heterocycles. The number of rotatable bonds is 5. The van der Waals surface area contributed by atoms with E-state index >= 15 is 0 Å². The van der Waals surface area contributed by atoms with Crippen molar-refractivity contribution in [1.29, 1.82) is 0 Å². The summed E-state index contributed by atoms with van der Waals surface area (Å²) in [5.74, 6) is 0. The molecule has 3 aromatic rings. The predicted molar refractivity (Wildman–Crippen MR) is 108 cm³/mol. The fraction of sp³-hybridized carbons (Fsp3) is 0. The van der Waals surface area contributed by atoms with Crippen molar-refractivity contribution in [1.82, 2.24) is 0 Å². The number of anilines is 3. The highest BCUT2D eigenvalue weighted by molar-refractivity contribution is 7.74.